The Hall–Kier alpha value is -1.24. The molecule has 1 fully saturated rings. The van der Waals surface area contributed by atoms with Crippen LogP contribution < -0.4 is 11.1 Å². The van der Waals surface area contributed by atoms with Gasteiger partial charge in [0, 0.05) is 17.8 Å². The number of aryl methyl sites for hydroxylation is 1. The maximum atomic E-state index is 5.90. The number of guanidine groups is 1. The Kier molecular flexibility index (Phi) is 5.50. The van der Waals surface area contributed by atoms with Crippen LogP contribution in [0.3, 0.4) is 0 Å². The third-order valence-corrected chi connectivity index (χ3v) is 4.05. The van der Waals surface area contributed by atoms with Gasteiger partial charge in [-0.25, -0.2) is 4.99 Å². The number of aliphatic imine (C=N–C) groups is 1. The normalized spacial score (nSPS) is 15.6. The predicted octanol–water partition coefficient (Wildman–Crippen LogP) is 3.30. The van der Waals surface area contributed by atoms with Crippen LogP contribution in [-0.2, 0) is 6.54 Å². The van der Waals surface area contributed by atoms with Gasteiger partial charge in [-0.3, -0.25) is 0 Å². The highest BCUT2D eigenvalue weighted by atomic mass is 127. The summed E-state index contributed by atoms with van der Waals surface area (Å²) < 4.78 is 0. The monoisotopic (exact) mass is 398 g/mol. The average molecular weight is 398 g/mol. The van der Waals surface area contributed by atoms with Crippen molar-refractivity contribution in [3.63, 3.8) is 0 Å². The van der Waals surface area contributed by atoms with Crippen molar-refractivity contribution < 1.29 is 0 Å². The molecule has 1 heterocycles. The number of hydrogen-bond acceptors (Lipinski definition) is 1. The van der Waals surface area contributed by atoms with Crippen LogP contribution in [0.2, 0.25) is 0 Å². The summed E-state index contributed by atoms with van der Waals surface area (Å²) in [4.78, 5) is 7.73. The molecule has 3 rings (SSSR count). The van der Waals surface area contributed by atoms with E-state index in [9.17, 15) is 0 Å². The van der Waals surface area contributed by atoms with Gasteiger partial charge in [0.2, 0.25) is 0 Å². The number of aromatic amines is 1. The fourth-order valence-electron chi connectivity index (χ4n) is 2.60. The molecule has 1 aromatic heterocycles. The highest BCUT2D eigenvalue weighted by Gasteiger charge is 2.16. The molecule has 5 heteroatoms. The van der Waals surface area contributed by atoms with Crippen molar-refractivity contribution >= 4 is 40.8 Å². The average Bonchev–Trinajstić information content (AvgIpc) is 2.73. The van der Waals surface area contributed by atoms with E-state index < -0.39 is 0 Å². The lowest BCUT2D eigenvalue weighted by atomic mass is 9.85. The van der Waals surface area contributed by atoms with Gasteiger partial charge in [0.1, 0.15) is 0 Å². The van der Waals surface area contributed by atoms with Crippen molar-refractivity contribution in [2.75, 3.05) is 6.54 Å². The first-order valence-electron chi connectivity index (χ1n) is 7.33. The lowest BCUT2D eigenvalue weighted by molar-refractivity contribution is 0.315. The predicted molar refractivity (Wildman–Crippen MR) is 99.1 cm³/mol. The summed E-state index contributed by atoms with van der Waals surface area (Å²) in [6.45, 7) is 3.66. The Labute approximate surface area is 142 Å². The Bertz CT molecular complexity index is 628. The molecule has 0 bridgehead atoms. The van der Waals surface area contributed by atoms with Gasteiger partial charge < -0.3 is 16.0 Å². The Morgan fingerprint density at radius 2 is 2.19 bits per heavy atom. The molecule has 21 heavy (non-hydrogen) atoms. The van der Waals surface area contributed by atoms with Gasteiger partial charge in [-0.15, -0.1) is 24.0 Å². The molecule has 1 aromatic carbocycles. The summed E-state index contributed by atoms with van der Waals surface area (Å²) in [6.07, 6.45) is 4.01. The van der Waals surface area contributed by atoms with E-state index in [4.69, 9.17) is 5.73 Å². The van der Waals surface area contributed by atoms with Gasteiger partial charge in [-0.2, -0.15) is 0 Å². The van der Waals surface area contributed by atoms with Gasteiger partial charge in [-0.05, 0) is 54.8 Å². The molecule has 4 nitrogen and oxygen atoms in total. The quantitative estimate of drug-likeness (QED) is 0.420. The van der Waals surface area contributed by atoms with Crippen molar-refractivity contribution in [3.05, 3.63) is 35.5 Å². The van der Waals surface area contributed by atoms with E-state index >= 15 is 0 Å². The maximum Gasteiger partial charge on any atom is 0.188 e. The number of hydrogen-bond donors (Lipinski definition) is 3. The number of nitrogens with one attached hydrogen (secondary N) is 2. The summed E-state index contributed by atoms with van der Waals surface area (Å²) in [5.41, 5.74) is 9.44. The first-order chi connectivity index (χ1) is 9.70. The zero-order valence-corrected chi connectivity index (χ0v) is 14.7. The number of aromatic nitrogens is 1. The number of H-pyrrole nitrogens is 1. The molecule has 0 spiro atoms. The number of fused-ring (bicyclic) bond motifs is 1. The minimum absolute atomic E-state index is 0. The van der Waals surface area contributed by atoms with Crippen LogP contribution in [-0.4, -0.2) is 17.5 Å². The van der Waals surface area contributed by atoms with Crippen LogP contribution in [0, 0.1) is 12.8 Å². The molecule has 0 aliphatic heterocycles. The molecule has 1 saturated carbocycles. The van der Waals surface area contributed by atoms with Gasteiger partial charge in [0.25, 0.3) is 0 Å². The van der Waals surface area contributed by atoms with E-state index in [1.807, 2.05) is 0 Å². The van der Waals surface area contributed by atoms with E-state index in [-0.39, 0.29) is 24.0 Å². The van der Waals surface area contributed by atoms with Gasteiger partial charge in [0.05, 0.1) is 6.54 Å². The summed E-state index contributed by atoms with van der Waals surface area (Å²) in [5.74, 6) is 1.35. The number of halogens is 1. The number of rotatable bonds is 4. The topological polar surface area (TPSA) is 66.2 Å². The molecule has 0 radical (unpaired) electrons. The highest BCUT2D eigenvalue weighted by molar-refractivity contribution is 14.0. The van der Waals surface area contributed by atoms with Crippen molar-refractivity contribution in [3.8, 4) is 0 Å². The van der Waals surface area contributed by atoms with Gasteiger partial charge in [-0.1, -0.05) is 12.5 Å². The Morgan fingerprint density at radius 3 is 2.90 bits per heavy atom. The lowest BCUT2D eigenvalue weighted by Crippen LogP contribution is -2.37. The van der Waals surface area contributed by atoms with Crippen molar-refractivity contribution in [2.24, 2.45) is 16.6 Å². The van der Waals surface area contributed by atoms with Gasteiger partial charge >= 0.3 is 0 Å². The molecule has 114 valence electrons. The van der Waals surface area contributed by atoms with E-state index in [1.165, 1.54) is 41.4 Å². The van der Waals surface area contributed by atoms with Crippen molar-refractivity contribution in [2.45, 2.75) is 32.7 Å². The molecule has 1 aliphatic rings. The zero-order chi connectivity index (χ0) is 13.9. The molecular formula is C16H23IN4. The molecule has 1 aliphatic carbocycles. The summed E-state index contributed by atoms with van der Waals surface area (Å²) in [5, 5.41) is 4.45. The second-order valence-electron chi connectivity index (χ2n) is 5.75. The van der Waals surface area contributed by atoms with Crippen LogP contribution in [0.1, 0.15) is 30.5 Å². The number of nitrogens with zero attached hydrogens (tertiary/aromatic N) is 1. The van der Waals surface area contributed by atoms with E-state index in [1.54, 1.807) is 0 Å². The molecule has 0 saturated heterocycles. The lowest BCUT2D eigenvalue weighted by Gasteiger charge is -2.25. The minimum atomic E-state index is 0. The molecule has 0 amide bonds. The minimum Gasteiger partial charge on any atom is -0.370 e. The summed E-state index contributed by atoms with van der Waals surface area (Å²) >= 11 is 0. The van der Waals surface area contributed by atoms with E-state index in [2.05, 4.69) is 46.5 Å². The van der Waals surface area contributed by atoms with Crippen LogP contribution in [0.4, 0.5) is 0 Å². The summed E-state index contributed by atoms with van der Waals surface area (Å²) in [7, 11) is 0. The first-order valence-corrected chi connectivity index (χ1v) is 7.33. The summed E-state index contributed by atoms with van der Waals surface area (Å²) in [6, 6.07) is 8.52. The van der Waals surface area contributed by atoms with E-state index in [0.717, 1.165) is 12.5 Å². The molecule has 4 N–H and O–H groups in total. The maximum absolute atomic E-state index is 5.90. The number of benzene rings is 1. The van der Waals surface area contributed by atoms with E-state index in [0.29, 0.717) is 12.5 Å². The Morgan fingerprint density at radius 1 is 1.38 bits per heavy atom. The largest absolute Gasteiger partial charge is 0.370 e. The molecule has 0 atom stereocenters. The first kappa shape index (κ1) is 16.1. The van der Waals surface area contributed by atoms with Gasteiger partial charge in [0.15, 0.2) is 5.96 Å². The SMILES string of the molecule is Cc1cc2cc(CN=C(N)NCC3CCC3)ccc2[nH]1.I. The molecular weight excluding hydrogens is 375 g/mol. The van der Waals surface area contributed by atoms with Crippen LogP contribution in [0.15, 0.2) is 29.3 Å². The smallest absolute Gasteiger partial charge is 0.188 e. The van der Waals surface area contributed by atoms with Crippen LogP contribution in [0.25, 0.3) is 10.9 Å². The van der Waals surface area contributed by atoms with Crippen LogP contribution in [0.5, 0.6) is 0 Å². The number of nitrogens with two attached hydrogens (primary N) is 1. The fourth-order valence-corrected chi connectivity index (χ4v) is 2.60. The molecule has 2 aromatic rings. The van der Waals surface area contributed by atoms with Crippen LogP contribution >= 0.6 is 24.0 Å². The fraction of sp³-hybridized carbons (Fsp3) is 0.438. The third-order valence-electron chi connectivity index (χ3n) is 4.05. The second kappa shape index (κ2) is 7.15. The highest BCUT2D eigenvalue weighted by Crippen LogP contribution is 2.25. The van der Waals surface area contributed by atoms with Crippen molar-refractivity contribution in [1.29, 1.82) is 0 Å². The standard InChI is InChI=1S/C16H22N4.HI/c1-11-7-14-8-13(5-6-15(14)20-11)10-19-16(17)18-9-12-3-2-4-12;/h5-8,12,20H,2-4,9-10H2,1H3,(H3,17,18,19);1H. The zero-order valence-electron chi connectivity index (χ0n) is 12.4. The molecule has 0 unspecified atom stereocenters. The van der Waals surface area contributed by atoms with Crippen molar-refractivity contribution in [1.82, 2.24) is 10.3 Å². The second-order valence-corrected chi connectivity index (χ2v) is 5.75. The Balaban J connectivity index is 0.00000161. The third kappa shape index (κ3) is 4.12.